The van der Waals surface area contributed by atoms with Crippen molar-refractivity contribution in [2.24, 2.45) is 0 Å². The molecule has 0 aliphatic rings. The van der Waals surface area contributed by atoms with Gasteiger partial charge in [0, 0.05) is 11.6 Å². The highest BCUT2D eigenvalue weighted by molar-refractivity contribution is 5.78. The number of nitrogens with zero attached hydrogens (tertiary/aromatic N) is 4. The third-order valence-corrected chi connectivity index (χ3v) is 4.81. The molecule has 0 radical (unpaired) electrons. The van der Waals surface area contributed by atoms with Crippen LogP contribution in [0.15, 0.2) is 56.2 Å². The Morgan fingerprint density at radius 3 is 2.66 bits per heavy atom. The van der Waals surface area contributed by atoms with Crippen molar-refractivity contribution in [1.82, 2.24) is 14.7 Å². The van der Waals surface area contributed by atoms with Crippen LogP contribution in [0.2, 0.25) is 0 Å². The van der Waals surface area contributed by atoms with Crippen LogP contribution in [0.5, 0.6) is 0 Å². The molecule has 4 rings (SSSR count). The third-order valence-electron chi connectivity index (χ3n) is 4.81. The number of benzene rings is 2. The first kappa shape index (κ1) is 21.0. The third kappa shape index (κ3) is 4.26. The van der Waals surface area contributed by atoms with Gasteiger partial charge in [-0.05, 0) is 17.5 Å². The highest BCUT2D eigenvalue weighted by Gasteiger charge is 2.18. The SMILES string of the molecule is CC(C)c1ccc(-c2noc(COC(=O)Cn3c(=O)oc4cc([N+](=O)[O-])ccc43)n2)cc1. The van der Waals surface area contributed by atoms with Gasteiger partial charge in [0.25, 0.3) is 11.6 Å². The molecule has 164 valence electrons. The number of ether oxygens (including phenoxy) is 1. The van der Waals surface area contributed by atoms with Gasteiger partial charge in [0.05, 0.1) is 16.5 Å². The smallest absolute Gasteiger partial charge is 0.420 e. The minimum absolute atomic E-state index is 0.00188. The van der Waals surface area contributed by atoms with Crippen molar-refractivity contribution in [3.63, 3.8) is 0 Å². The van der Waals surface area contributed by atoms with Crippen molar-refractivity contribution >= 4 is 22.8 Å². The predicted molar refractivity (Wildman–Crippen MR) is 111 cm³/mol. The molecule has 0 bridgehead atoms. The standard InChI is InChI=1S/C21H18N4O7/c1-12(2)13-3-5-14(6-4-13)20-22-18(32-23-20)11-30-19(26)10-24-16-8-7-15(25(28)29)9-17(16)31-21(24)27/h3-9,12H,10-11H2,1-2H3. The molecule has 0 atom stereocenters. The molecule has 2 heterocycles. The summed E-state index contributed by atoms with van der Waals surface area (Å²) in [6, 6.07) is 11.4. The molecule has 0 unspecified atom stereocenters. The summed E-state index contributed by atoms with van der Waals surface area (Å²) in [5, 5.41) is 14.7. The lowest BCUT2D eigenvalue weighted by atomic mass is 10.0. The molecule has 0 aliphatic heterocycles. The van der Waals surface area contributed by atoms with Crippen molar-refractivity contribution in [2.45, 2.75) is 32.9 Å². The van der Waals surface area contributed by atoms with Gasteiger partial charge < -0.3 is 13.7 Å². The van der Waals surface area contributed by atoms with E-state index in [1.807, 2.05) is 24.3 Å². The fourth-order valence-corrected chi connectivity index (χ4v) is 3.08. The predicted octanol–water partition coefficient (Wildman–Crippen LogP) is 3.42. The second-order valence-corrected chi connectivity index (χ2v) is 7.31. The number of hydrogen-bond donors (Lipinski definition) is 0. The summed E-state index contributed by atoms with van der Waals surface area (Å²) in [5.74, 6) is -0.706. The van der Waals surface area contributed by atoms with E-state index >= 15 is 0 Å². The topological polar surface area (TPSA) is 144 Å². The molecule has 11 nitrogen and oxygen atoms in total. The van der Waals surface area contributed by atoms with Gasteiger partial charge in [0.1, 0.15) is 6.54 Å². The van der Waals surface area contributed by atoms with Crippen molar-refractivity contribution in [1.29, 1.82) is 0 Å². The van der Waals surface area contributed by atoms with Crippen LogP contribution in [0.25, 0.3) is 22.5 Å². The number of nitro groups is 1. The normalized spacial score (nSPS) is 11.2. The van der Waals surface area contributed by atoms with Crippen LogP contribution in [0, 0.1) is 10.1 Å². The molecule has 0 aliphatic carbocycles. The van der Waals surface area contributed by atoms with Gasteiger partial charge >= 0.3 is 11.7 Å². The van der Waals surface area contributed by atoms with E-state index in [2.05, 4.69) is 24.0 Å². The zero-order valence-corrected chi connectivity index (χ0v) is 17.2. The van der Waals surface area contributed by atoms with Gasteiger partial charge in [-0.2, -0.15) is 4.98 Å². The van der Waals surface area contributed by atoms with Crippen molar-refractivity contribution < 1.29 is 23.4 Å². The van der Waals surface area contributed by atoms with E-state index in [0.29, 0.717) is 11.7 Å². The first-order chi connectivity index (χ1) is 15.3. The molecular weight excluding hydrogens is 420 g/mol. The molecule has 0 saturated heterocycles. The molecule has 11 heteroatoms. The van der Waals surface area contributed by atoms with E-state index in [9.17, 15) is 19.7 Å². The van der Waals surface area contributed by atoms with Crippen LogP contribution in [0.1, 0.15) is 31.2 Å². The van der Waals surface area contributed by atoms with E-state index in [4.69, 9.17) is 13.7 Å². The summed E-state index contributed by atoms with van der Waals surface area (Å²) in [6.45, 7) is 3.48. The average Bonchev–Trinajstić information content (AvgIpc) is 3.36. The van der Waals surface area contributed by atoms with Crippen LogP contribution in [-0.4, -0.2) is 25.6 Å². The molecule has 32 heavy (non-hydrogen) atoms. The highest BCUT2D eigenvalue weighted by Crippen LogP contribution is 2.21. The molecular formula is C21H18N4O7. The van der Waals surface area contributed by atoms with E-state index in [0.717, 1.165) is 16.2 Å². The minimum atomic E-state index is -0.831. The van der Waals surface area contributed by atoms with Gasteiger partial charge in [-0.1, -0.05) is 43.3 Å². The van der Waals surface area contributed by atoms with Crippen LogP contribution in [0.3, 0.4) is 0 Å². The maximum absolute atomic E-state index is 12.2. The zero-order chi connectivity index (χ0) is 22.8. The number of carbonyl (C=O) groups excluding carboxylic acids is 1. The van der Waals surface area contributed by atoms with Crippen LogP contribution in [0.4, 0.5) is 5.69 Å². The van der Waals surface area contributed by atoms with Crippen LogP contribution >= 0.6 is 0 Å². The maximum atomic E-state index is 12.2. The first-order valence-corrected chi connectivity index (χ1v) is 9.68. The van der Waals surface area contributed by atoms with Gasteiger partial charge in [0.2, 0.25) is 5.82 Å². The molecule has 0 amide bonds. The molecule has 0 N–H and O–H groups in total. The largest absolute Gasteiger partial charge is 0.454 e. The van der Waals surface area contributed by atoms with Crippen molar-refractivity contribution in [3.8, 4) is 11.4 Å². The Labute approximate surface area is 180 Å². The van der Waals surface area contributed by atoms with Crippen molar-refractivity contribution in [3.05, 3.63) is 74.6 Å². The Bertz CT molecular complexity index is 1350. The average molecular weight is 438 g/mol. The molecule has 0 spiro atoms. The Morgan fingerprint density at radius 1 is 1.22 bits per heavy atom. The summed E-state index contributed by atoms with van der Waals surface area (Å²) >= 11 is 0. The molecule has 0 saturated carbocycles. The maximum Gasteiger partial charge on any atom is 0.420 e. The lowest BCUT2D eigenvalue weighted by Crippen LogP contribution is -2.21. The molecule has 0 fully saturated rings. The monoisotopic (exact) mass is 438 g/mol. The second-order valence-electron chi connectivity index (χ2n) is 7.31. The number of aromatic nitrogens is 3. The van der Waals surface area contributed by atoms with E-state index in [1.54, 1.807) is 0 Å². The number of hydrogen-bond acceptors (Lipinski definition) is 9. The van der Waals surface area contributed by atoms with E-state index in [1.165, 1.54) is 17.7 Å². The summed E-state index contributed by atoms with van der Waals surface area (Å²) in [5.41, 5.74) is 1.96. The second kappa shape index (κ2) is 8.46. The lowest BCUT2D eigenvalue weighted by Gasteiger charge is -2.04. The van der Waals surface area contributed by atoms with Crippen LogP contribution in [-0.2, 0) is 22.7 Å². The first-order valence-electron chi connectivity index (χ1n) is 9.68. The highest BCUT2D eigenvalue weighted by atomic mass is 16.6. The summed E-state index contributed by atoms with van der Waals surface area (Å²) in [4.78, 5) is 38.7. The number of nitro benzene ring substituents is 1. The van der Waals surface area contributed by atoms with E-state index < -0.39 is 23.2 Å². The number of rotatable bonds is 7. The zero-order valence-electron chi connectivity index (χ0n) is 17.2. The Balaban J connectivity index is 1.41. The Kier molecular flexibility index (Phi) is 5.54. The van der Waals surface area contributed by atoms with Crippen molar-refractivity contribution in [2.75, 3.05) is 0 Å². The Hall–Kier alpha value is -4.28. The number of non-ortho nitro benzene ring substituents is 1. The number of oxazole rings is 1. The summed E-state index contributed by atoms with van der Waals surface area (Å²) in [6.07, 6.45) is 0. The summed E-state index contributed by atoms with van der Waals surface area (Å²) < 4.78 is 16.3. The van der Waals surface area contributed by atoms with Gasteiger partial charge in [-0.3, -0.25) is 19.5 Å². The molecule has 2 aromatic heterocycles. The fraction of sp³-hybridized carbons (Fsp3) is 0.238. The van der Waals surface area contributed by atoms with Gasteiger partial charge in [0.15, 0.2) is 12.2 Å². The lowest BCUT2D eigenvalue weighted by molar-refractivity contribution is -0.384. The number of esters is 1. The molecule has 2 aromatic carbocycles. The van der Waals surface area contributed by atoms with Gasteiger partial charge in [-0.25, -0.2) is 4.79 Å². The Morgan fingerprint density at radius 2 is 1.97 bits per heavy atom. The number of fused-ring (bicyclic) bond motifs is 1. The minimum Gasteiger partial charge on any atom is -0.454 e. The molecule has 4 aromatic rings. The number of carbonyl (C=O) groups is 1. The summed E-state index contributed by atoms with van der Waals surface area (Å²) in [7, 11) is 0. The fourth-order valence-electron chi connectivity index (χ4n) is 3.08. The van der Waals surface area contributed by atoms with E-state index in [-0.39, 0.29) is 29.3 Å². The van der Waals surface area contributed by atoms with Gasteiger partial charge in [-0.15, -0.1) is 0 Å². The quantitative estimate of drug-likeness (QED) is 0.241. The van der Waals surface area contributed by atoms with Crippen LogP contribution < -0.4 is 5.76 Å².